The van der Waals surface area contributed by atoms with E-state index in [9.17, 15) is 0 Å². The summed E-state index contributed by atoms with van der Waals surface area (Å²) in [7, 11) is 0. The van der Waals surface area contributed by atoms with Crippen molar-refractivity contribution in [1.29, 1.82) is 0 Å². The molecule has 0 aliphatic carbocycles. The van der Waals surface area contributed by atoms with E-state index in [-0.39, 0.29) is 0 Å². The quantitative estimate of drug-likeness (QED) is 0.508. The normalized spacial score (nSPS) is 26.8. The molecule has 0 aromatic heterocycles. The maximum Gasteiger partial charge on any atom is 0.0654 e. The first-order chi connectivity index (χ1) is 4.70. The summed E-state index contributed by atoms with van der Waals surface area (Å²) in [5.74, 6) is 0.656. The van der Waals surface area contributed by atoms with E-state index in [2.05, 4.69) is 26.8 Å². The summed E-state index contributed by atoms with van der Waals surface area (Å²) in [4.78, 5) is 0. The third kappa shape index (κ3) is 1.84. The molecule has 1 nitrogen and oxygen atoms in total. The summed E-state index contributed by atoms with van der Waals surface area (Å²) in [5.41, 5.74) is 1.48. The van der Waals surface area contributed by atoms with Gasteiger partial charge in [0.1, 0.15) is 0 Å². The molecule has 0 N–H and O–H groups in total. The van der Waals surface area contributed by atoms with Crippen LogP contribution >= 0.6 is 0 Å². The van der Waals surface area contributed by atoms with Gasteiger partial charge in [-0.25, -0.2) is 0 Å². The molecular weight excluding hydrogens is 124 g/mol. The minimum Gasteiger partial charge on any atom is -0.374 e. The highest BCUT2D eigenvalue weighted by molar-refractivity contribution is 5.03. The topological polar surface area (TPSA) is 9.23 Å². The minimum absolute atomic E-state index is 0.463. The van der Waals surface area contributed by atoms with Crippen molar-refractivity contribution in [2.45, 2.75) is 33.3 Å². The van der Waals surface area contributed by atoms with E-state index in [4.69, 9.17) is 4.74 Å². The molecule has 10 heavy (non-hydrogen) atoms. The Morgan fingerprint density at radius 1 is 1.60 bits per heavy atom. The lowest BCUT2D eigenvalue weighted by Crippen LogP contribution is -2.23. The molecule has 1 atom stereocenters. The van der Waals surface area contributed by atoms with E-state index in [1.807, 2.05) is 0 Å². The molecule has 0 unspecified atom stereocenters. The van der Waals surface area contributed by atoms with Crippen LogP contribution in [0.5, 0.6) is 0 Å². The number of hydrogen-bond donors (Lipinski definition) is 0. The minimum atomic E-state index is 0.463. The smallest absolute Gasteiger partial charge is 0.0654 e. The Kier molecular flexibility index (Phi) is 2.50. The van der Waals surface area contributed by atoms with E-state index >= 15 is 0 Å². The Morgan fingerprint density at radius 2 is 2.30 bits per heavy atom. The summed E-state index contributed by atoms with van der Waals surface area (Å²) in [6.45, 7) is 7.42. The Hall–Kier alpha value is -0.300. The van der Waals surface area contributed by atoms with E-state index in [0.717, 1.165) is 13.0 Å². The standard InChI is InChI=1S/C9H16O/c1-7(2)9-6-8(3)4-5-10-9/h4,7,9H,5-6H2,1-3H3/t9-/m0/s1. The van der Waals surface area contributed by atoms with Crippen molar-refractivity contribution in [3.8, 4) is 0 Å². The van der Waals surface area contributed by atoms with Gasteiger partial charge in [0.15, 0.2) is 0 Å². The fourth-order valence-electron chi connectivity index (χ4n) is 1.20. The van der Waals surface area contributed by atoms with Crippen LogP contribution < -0.4 is 0 Å². The molecule has 0 fully saturated rings. The molecule has 58 valence electrons. The van der Waals surface area contributed by atoms with Crippen LogP contribution in [0.1, 0.15) is 27.2 Å². The van der Waals surface area contributed by atoms with Gasteiger partial charge < -0.3 is 4.74 Å². The first-order valence-corrected chi connectivity index (χ1v) is 3.97. The molecule has 1 rings (SSSR count). The van der Waals surface area contributed by atoms with Crippen molar-refractivity contribution in [3.05, 3.63) is 11.6 Å². The fourth-order valence-corrected chi connectivity index (χ4v) is 1.20. The maximum absolute atomic E-state index is 5.53. The second kappa shape index (κ2) is 3.20. The summed E-state index contributed by atoms with van der Waals surface area (Å²) < 4.78 is 5.53. The first kappa shape index (κ1) is 7.80. The molecule has 0 aromatic rings. The largest absolute Gasteiger partial charge is 0.374 e. The average Bonchev–Trinajstić information content (AvgIpc) is 1.88. The molecular formula is C9H16O. The molecule has 0 radical (unpaired) electrons. The predicted octanol–water partition coefficient (Wildman–Crippen LogP) is 2.38. The van der Waals surface area contributed by atoms with Gasteiger partial charge in [0.25, 0.3) is 0 Å². The van der Waals surface area contributed by atoms with E-state index in [1.54, 1.807) is 0 Å². The molecule has 0 saturated carbocycles. The number of ether oxygens (including phenoxy) is 1. The average molecular weight is 140 g/mol. The van der Waals surface area contributed by atoms with Crippen molar-refractivity contribution < 1.29 is 4.74 Å². The molecule has 0 aromatic carbocycles. The van der Waals surface area contributed by atoms with E-state index < -0.39 is 0 Å². The fraction of sp³-hybridized carbons (Fsp3) is 0.778. The molecule has 1 heteroatoms. The van der Waals surface area contributed by atoms with Crippen LogP contribution in [0.2, 0.25) is 0 Å². The van der Waals surface area contributed by atoms with Crippen LogP contribution in [0.25, 0.3) is 0 Å². The van der Waals surface area contributed by atoms with Gasteiger partial charge >= 0.3 is 0 Å². The van der Waals surface area contributed by atoms with Crippen molar-refractivity contribution >= 4 is 0 Å². The highest BCUT2D eigenvalue weighted by atomic mass is 16.5. The van der Waals surface area contributed by atoms with Crippen molar-refractivity contribution in [1.82, 2.24) is 0 Å². The first-order valence-electron chi connectivity index (χ1n) is 3.97. The van der Waals surface area contributed by atoms with E-state index in [0.29, 0.717) is 12.0 Å². The SMILES string of the molecule is CC1=CCO[C@H](C(C)C)C1. The Labute approximate surface area is 63.1 Å². The zero-order chi connectivity index (χ0) is 7.56. The highest BCUT2D eigenvalue weighted by Gasteiger charge is 2.16. The van der Waals surface area contributed by atoms with Crippen LogP contribution in [0.3, 0.4) is 0 Å². The zero-order valence-electron chi connectivity index (χ0n) is 7.05. The molecule has 0 bridgehead atoms. The second-order valence-electron chi connectivity index (χ2n) is 3.37. The monoisotopic (exact) mass is 140 g/mol. The van der Waals surface area contributed by atoms with Crippen LogP contribution in [0, 0.1) is 5.92 Å². The van der Waals surface area contributed by atoms with Gasteiger partial charge in [-0.3, -0.25) is 0 Å². The Bertz CT molecular complexity index is 136. The number of hydrogen-bond acceptors (Lipinski definition) is 1. The Balaban J connectivity index is 2.45. The van der Waals surface area contributed by atoms with Gasteiger partial charge in [-0.2, -0.15) is 0 Å². The van der Waals surface area contributed by atoms with Gasteiger partial charge in [-0.05, 0) is 19.3 Å². The molecule has 1 aliphatic rings. The molecule has 0 spiro atoms. The molecule has 0 saturated heterocycles. The third-order valence-corrected chi connectivity index (χ3v) is 2.01. The van der Waals surface area contributed by atoms with Gasteiger partial charge in [0.05, 0.1) is 12.7 Å². The summed E-state index contributed by atoms with van der Waals surface area (Å²) in [5, 5.41) is 0. The lowest BCUT2D eigenvalue weighted by Gasteiger charge is -2.24. The van der Waals surface area contributed by atoms with Crippen molar-refractivity contribution in [2.24, 2.45) is 5.92 Å². The molecule has 1 heterocycles. The molecule has 1 aliphatic heterocycles. The van der Waals surface area contributed by atoms with Crippen LogP contribution in [-0.2, 0) is 4.74 Å². The lowest BCUT2D eigenvalue weighted by atomic mass is 9.98. The Morgan fingerprint density at radius 3 is 2.70 bits per heavy atom. The van der Waals surface area contributed by atoms with Crippen molar-refractivity contribution in [3.63, 3.8) is 0 Å². The third-order valence-electron chi connectivity index (χ3n) is 2.01. The number of rotatable bonds is 1. The lowest BCUT2D eigenvalue weighted by molar-refractivity contribution is 0.0317. The van der Waals surface area contributed by atoms with Gasteiger partial charge in [0, 0.05) is 0 Å². The van der Waals surface area contributed by atoms with Crippen LogP contribution in [0.15, 0.2) is 11.6 Å². The zero-order valence-corrected chi connectivity index (χ0v) is 7.05. The predicted molar refractivity (Wildman–Crippen MR) is 43.0 cm³/mol. The van der Waals surface area contributed by atoms with Gasteiger partial charge in [-0.1, -0.05) is 25.5 Å². The molecule has 0 amide bonds. The van der Waals surface area contributed by atoms with Crippen LogP contribution in [-0.4, -0.2) is 12.7 Å². The van der Waals surface area contributed by atoms with Crippen LogP contribution in [0.4, 0.5) is 0 Å². The summed E-state index contributed by atoms with van der Waals surface area (Å²) in [6.07, 6.45) is 3.75. The van der Waals surface area contributed by atoms with Gasteiger partial charge in [-0.15, -0.1) is 0 Å². The summed E-state index contributed by atoms with van der Waals surface area (Å²) >= 11 is 0. The van der Waals surface area contributed by atoms with Crippen molar-refractivity contribution in [2.75, 3.05) is 6.61 Å². The summed E-state index contributed by atoms with van der Waals surface area (Å²) in [6, 6.07) is 0. The highest BCUT2D eigenvalue weighted by Crippen LogP contribution is 2.19. The van der Waals surface area contributed by atoms with E-state index in [1.165, 1.54) is 5.57 Å². The second-order valence-corrected chi connectivity index (χ2v) is 3.37. The maximum atomic E-state index is 5.53. The van der Waals surface area contributed by atoms with Gasteiger partial charge in [0.2, 0.25) is 0 Å².